The van der Waals surface area contributed by atoms with Crippen LogP contribution in [0.15, 0.2) is 0 Å². The van der Waals surface area contributed by atoms with Crippen molar-refractivity contribution in [3.8, 4) is 0 Å². The van der Waals surface area contributed by atoms with Crippen LogP contribution in [0, 0.1) is 0 Å². The molecule has 0 aromatic carbocycles. The second-order valence-corrected chi connectivity index (χ2v) is 3.68. The minimum absolute atomic E-state index is 0.666. The molecular weight excluding hydrogens is 150 g/mol. The molecule has 0 aliphatic heterocycles. The Kier molecular flexibility index (Phi) is 9.44. The van der Waals surface area contributed by atoms with E-state index in [1.165, 1.54) is 6.26 Å². The molecule has 0 unspecified atom stereocenters. The van der Waals surface area contributed by atoms with Crippen LogP contribution in [0.4, 0.5) is 0 Å². The fourth-order valence-electron chi connectivity index (χ4n) is 0.295. The van der Waals surface area contributed by atoms with Crippen LogP contribution in [0.25, 0.3) is 0 Å². The van der Waals surface area contributed by atoms with Crippen LogP contribution in [0.2, 0.25) is 0 Å². The fourth-order valence-corrected chi connectivity index (χ4v) is 0.886. The molecule has 0 saturated heterocycles. The molecule has 4 heteroatoms. The highest BCUT2D eigenvalue weighted by molar-refractivity contribution is 8.22. The molecule has 0 fully saturated rings. The van der Waals surface area contributed by atoms with Crippen molar-refractivity contribution in [2.24, 2.45) is 0 Å². The molecule has 0 aromatic heterocycles. The Bertz CT molecular complexity index is 63.3. The SMILES string of the molecule is CC.CCCNS(C)(O)O. The van der Waals surface area contributed by atoms with Gasteiger partial charge in [0.1, 0.15) is 0 Å². The van der Waals surface area contributed by atoms with Gasteiger partial charge in [0, 0.05) is 12.8 Å². The van der Waals surface area contributed by atoms with Gasteiger partial charge in [0.25, 0.3) is 0 Å². The zero-order chi connectivity index (χ0) is 8.62. The van der Waals surface area contributed by atoms with Crippen molar-refractivity contribution in [2.45, 2.75) is 27.2 Å². The van der Waals surface area contributed by atoms with Crippen LogP contribution >= 0.6 is 10.8 Å². The van der Waals surface area contributed by atoms with Crippen LogP contribution < -0.4 is 4.72 Å². The lowest BCUT2D eigenvalue weighted by molar-refractivity contribution is 0.478. The summed E-state index contributed by atoms with van der Waals surface area (Å²) in [6, 6.07) is 0. The van der Waals surface area contributed by atoms with Crippen molar-refractivity contribution < 1.29 is 9.11 Å². The van der Waals surface area contributed by atoms with Gasteiger partial charge < -0.3 is 0 Å². The molecule has 3 nitrogen and oxygen atoms in total. The maximum atomic E-state index is 8.68. The molecule has 0 bridgehead atoms. The normalized spacial score (nSPS) is 11.8. The Morgan fingerprint density at radius 2 is 1.70 bits per heavy atom. The highest BCUT2D eigenvalue weighted by Crippen LogP contribution is 2.26. The van der Waals surface area contributed by atoms with Crippen LogP contribution in [-0.4, -0.2) is 21.9 Å². The molecular formula is C6H19NO2S. The second-order valence-electron chi connectivity index (χ2n) is 1.73. The van der Waals surface area contributed by atoms with E-state index in [1.54, 1.807) is 0 Å². The lowest BCUT2D eigenvalue weighted by Gasteiger charge is -2.27. The summed E-state index contributed by atoms with van der Waals surface area (Å²) < 4.78 is 19.9. The van der Waals surface area contributed by atoms with Crippen molar-refractivity contribution in [1.82, 2.24) is 4.72 Å². The Morgan fingerprint density at radius 3 is 1.80 bits per heavy atom. The predicted octanol–water partition coefficient (Wildman–Crippen LogP) is 2.31. The maximum absolute atomic E-state index is 8.68. The monoisotopic (exact) mass is 169 g/mol. The van der Waals surface area contributed by atoms with Crippen molar-refractivity contribution in [1.29, 1.82) is 0 Å². The van der Waals surface area contributed by atoms with Crippen molar-refractivity contribution in [3.05, 3.63) is 0 Å². The average molecular weight is 169 g/mol. The first-order valence-electron chi connectivity index (χ1n) is 3.54. The molecule has 0 heterocycles. The largest absolute Gasteiger partial charge is 0.286 e. The van der Waals surface area contributed by atoms with E-state index in [4.69, 9.17) is 9.11 Å². The van der Waals surface area contributed by atoms with Gasteiger partial charge in [0.05, 0.1) is 0 Å². The van der Waals surface area contributed by atoms with E-state index in [0.29, 0.717) is 6.54 Å². The van der Waals surface area contributed by atoms with E-state index in [-0.39, 0.29) is 0 Å². The Morgan fingerprint density at radius 1 is 1.30 bits per heavy atom. The Balaban J connectivity index is 0. The summed E-state index contributed by atoms with van der Waals surface area (Å²) in [6.07, 6.45) is 2.30. The third-order valence-corrected chi connectivity index (χ3v) is 1.38. The second kappa shape index (κ2) is 7.34. The molecule has 3 N–H and O–H groups in total. The quantitative estimate of drug-likeness (QED) is 0.607. The van der Waals surface area contributed by atoms with Gasteiger partial charge in [-0.2, -0.15) is 0 Å². The molecule has 66 valence electrons. The first-order valence-corrected chi connectivity index (χ1v) is 5.49. The third-order valence-electron chi connectivity index (χ3n) is 0.625. The standard InChI is InChI=1S/C4H13NO2S.C2H6/c1-3-4-5-8(2,6)7;1-2/h5-7H,3-4H2,1-2H3;1-2H3. The minimum Gasteiger partial charge on any atom is -0.286 e. The first kappa shape index (κ1) is 12.9. The van der Waals surface area contributed by atoms with Gasteiger partial charge in [-0.05, 0) is 6.42 Å². The number of nitrogens with one attached hydrogen (secondary N) is 1. The summed E-state index contributed by atoms with van der Waals surface area (Å²) in [7, 11) is -2.44. The van der Waals surface area contributed by atoms with Crippen LogP contribution in [0.1, 0.15) is 27.2 Å². The average Bonchev–Trinajstić information content (AvgIpc) is 1.87. The highest BCUT2D eigenvalue weighted by Gasteiger charge is 1.97. The van der Waals surface area contributed by atoms with Gasteiger partial charge in [0.2, 0.25) is 0 Å². The number of rotatable bonds is 3. The van der Waals surface area contributed by atoms with Gasteiger partial charge in [-0.15, -0.1) is 10.8 Å². The Labute approximate surface area is 65.3 Å². The molecule has 0 aromatic rings. The van der Waals surface area contributed by atoms with E-state index in [1.807, 2.05) is 20.8 Å². The molecule has 0 atom stereocenters. The Hall–Kier alpha value is 0.230. The van der Waals surface area contributed by atoms with Crippen molar-refractivity contribution in [3.63, 3.8) is 0 Å². The molecule has 0 rings (SSSR count). The zero-order valence-electron chi connectivity index (χ0n) is 7.22. The van der Waals surface area contributed by atoms with Gasteiger partial charge in [-0.1, -0.05) is 20.8 Å². The third kappa shape index (κ3) is 15.7. The van der Waals surface area contributed by atoms with Gasteiger partial charge >= 0.3 is 0 Å². The molecule has 0 radical (unpaired) electrons. The summed E-state index contributed by atoms with van der Waals surface area (Å²) >= 11 is 0. The van der Waals surface area contributed by atoms with Crippen molar-refractivity contribution >= 4 is 10.8 Å². The molecule has 0 aliphatic carbocycles. The van der Waals surface area contributed by atoms with Crippen molar-refractivity contribution in [2.75, 3.05) is 12.8 Å². The molecule has 0 aliphatic rings. The molecule has 10 heavy (non-hydrogen) atoms. The lowest BCUT2D eigenvalue weighted by Crippen LogP contribution is -2.18. The van der Waals surface area contributed by atoms with E-state index in [0.717, 1.165) is 6.42 Å². The van der Waals surface area contributed by atoms with Crippen LogP contribution in [-0.2, 0) is 0 Å². The van der Waals surface area contributed by atoms with Gasteiger partial charge in [-0.25, -0.2) is 4.72 Å². The topological polar surface area (TPSA) is 52.5 Å². The lowest BCUT2D eigenvalue weighted by atomic mass is 10.5. The zero-order valence-corrected chi connectivity index (χ0v) is 8.03. The number of hydrogen-bond donors (Lipinski definition) is 3. The summed E-state index contributed by atoms with van der Waals surface area (Å²) in [5, 5.41) is 0. The number of hydrogen-bond acceptors (Lipinski definition) is 3. The van der Waals surface area contributed by atoms with E-state index >= 15 is 0 Å². The first-order chi connectivity index (χ1) is 4.56. The minimum atomic E-state index is -2.44. The van der Waals surface area contributed by atoms with Gasteiger partial charge in [-0.3, -0.25) is 9.11 Å². The van der Waals surface area contributed by atoms with Gasteiger partial charge in [0.15, 0.2) is 0 Å². The van der Waals surface area contributed by atoms with Crippen LogP contribution in [0.5, 0.6) is 0 Å². The molecule has 0 amide bonds. The molecule has 0 spiro atoms. The summed E-state index contributed by atoms with van der Waals surface area (Å²) in [5.74, 6) is 0. The van der Waals surface area contributed by atoms with E-state index in [9.17, 15) is 0 Å². The summed E-state index contributed by atoms with van der Waals surface area (Å²) in [6.45, 7) is 6.64. The molecule has 0 saturated carbocycles. The summed E-state index contributed by atoms with van der Waals surface area (Å²) in [5.41, 5.74) is 0. The smallest absolute Gasteiger partial charge is 0.0416 e. The fraction of sp³-hybridized carbons (Fsp3) is 1.00. The van der Waals surface area contributed by atoms with Crippen LogP contribution in [0.3, 0.4) is 0 Å². The van der Waals surface area contributed by atoms with E-state index < -0.39 is 10.8 Å². The highest BCUT2D eigenvalue weighted by atomic mass is 32.3. The maximum Gasteiger partial charge on any atom is 0.0416 e. The van der Waals surface area contributed by atoms with E-state index in [2.05, 4.69) is 4.72 Å². The predicted molar refractivity (Wildman–Crippen MR) is 48.4 cm³/mol. The summed E-state index contributed by atoms with van der Waals surface area (Å²) in [4.78, 5) is 0.